The molecule has 0 radical (unpaired) electrons. The van der Waals surface area contributed by atoms with Crippen LogP contribution in [0.2, 0.25) is 0 Å². The van der Waals surface area contributed by atoms with Gasteiger partial charge < -0.3 is 53.5 Å². The first-order valence-electron chi connectivity index (χ1n) is 17.4. The molecular formula is C31H63BN10O6. The summed E-state index contributed by atoms with van der Waals surface area (Å²) in [5.74, 6) is -1.99. The Bertz CT molecular complexity index is 959. The molecule has 0 saturated carbocycles. The van der Waals surface area contributed by atoms with Gasteiger partial charge in [0.2, 0.25) is 29.5 Å². The summed E-state index contributed by atoms with van der Waals surface area (Å²) >= 11 is 0. The zero-order valence-electron chi connectivity index (χ0n) is 29.9. The van der Waals surface area contributed by atoms with E-state index in [1.165, 1.54) is 13.8 Å². The second-order valence-corrected chi connectivity index (χ2v) is 12.3. The van der Waals surface area contributed by atoms with E-state index in [-0.39, 0.29) is 36.6 Å². The van der Waals surface area contributed by atoms with Gasteiger partial charge in [-0.2, -0.15) is 0 Å². The third-order valence-electron chi connectivity index (χ3n) is 7.40. The van der Waals surface area contributed by atoms with Gasteiger partial charge in [-0.25, -0.2) is 4.79 Å². The monoisotopic (exact) mass is 683 g/mol. The quantitative estimate of drug-likeness (QED) is 0.0306. The van der Waals surface area contributed by atoms with E-state index in [0.717, 1.165) is 58.4 Å². The first-order chi connectivity index (χ1) is 22.9. The second-order valence-electron chi connectivity index (χ2n) is 12.3. The fourth-order valence-corrected chi connectivity index (χ4v) is 4.78. The van der Waals surface area contributed by atoms with Gasteiger partial charge in [0.25, 0.3) is 0 Å². The first-order valence-corrected chi connectivity index (χ1v) is 17.4. The van der Waals surface area contributed by atoms with Crippen molar-refractivity contribution in [3.05, 3.63) is 0 Å². The molecule has 0 aliphatic rings. The number of hydrogen-bond acceptors (Lipinski definition) is 9. The van der Waals surface area contributed by atoms with Crippen molar-refractivity contribution in [1.82, 2.24) is 47.8 Å². The van der Waals surface area contributed by atoms with Crippen LogP contribution in [-0.4, -0.2) is 114 Å². The number of carbonyl (C=O) groups is 6. The van der Waals surface area contributed by atoms with E-state index in [2.05, 4.69) is 47.8 Å². The van der Waals surface area contributed by atoms with Gasteiger partial charge in [0.1, 0.15) is 18.1 Å². The van der Waals surface area contributed by atoms with Gasteiger partial charge in [-0.3, -0.25) is 24.0 Å². The maximum atomic E-state index is 13.4. The lowest BCUT2D eigenvalue weighted by Crippen LogP contribution is -2.58. The van der Waals surface area contributed by atoms with Crippen LogP contribution in [0.15, 0.2) is 0 Å². The van der Waals surface area contributed by atoms with Crippen molar-refractivity contribution >= 4 is 43.5 Å². The summed E-state index contributed by atoms with van der Waals surface area (Å²) in [4.78, 5) is 73.4. The van der Waals surface area contributed by atoms with Crippen LogP contribution in [0.5, 0.6) is 0 Å². The Kier molecular flexibility index (Phi) is 26.5. The molecule has 17 heteroatoms. The minimum Gasteiger partial charge on any atom is -0.362 e. The van der Waals surface area contributed by atoms with Crippen LogP contribution in [0, 0.1) is 5.92 Å². The summed E-state index contributed by atoms with van der Waals surface area (Å²) in [5.41, 5.74) is 5.15. The highest BCUT2D eigenvalue weighted by Crippen LogP contribution is 2.08. The van der Waals surface area contributed by atoms with Crippen molar-refractivity contribution in [2.45, 2.75) is 104 Å². The summed E-state index contributed by atoms with van der Waals surface area (Å²) in [6, 6.07) is -3.29. The number of urea groups is 1. The Hall–Kier alpha value is -3.44. The number of nitrogens with one attached hydrogen (secondary N) is 9. The highest BCUT2D eigenvalue weighted by atomic mass is 16.2. The predicted molar refractivity (Wildman–Crippen MR) is 189 cm³/mol. The largest absolute Gasteiger partial charge is 0.362 e. The zero-order valence-corrected chi connectivity index (χ0v) is 29.9. The van der Waals surface area contributed by atoms with Crippen molar-refractivity contribution in [2.24, 2.45) is 11.7 Å². The second kappa shape index (κ2) is 28.6. The molecule has 0 heterocycles. The van der Waals surface area contributed by atoms with E-state index in [1.54, 1.807) is 13.8 Å². The van der Waals surface area contributed by atoms with Crippen LogP contribution in [0.1, 0.15) is 85.5 Å². The molecule has 7 amide bonds. The molecule has 11 N–H and O–H groups in total. The van der Waals surface area contributed by atoms with E-state index in [9.17, 15) is 28.8 Å². The standard InChI is InChI=1S/C31H63BN10O6/c1-22(2)27(42-29(46)26(40-24(4)44)12-5-6-21-39-32)30(47)41-25(13-9-18-38-31(33)48)28(45)37-20-11-17-35-15-8-7-14-34-16-10-19-36-23(3)43/h22,25-27,34-35,39H,5-21,32H2,1-4H3,(H,36,43)(H,37,45)(H,40,44)(H,41,47)(H,42,46)(H3,33,38,48)/t25-,26-,27?/m0/s1. The molecule has 1 unspecified atom stereocenters. The SMILES string of the molecule is BNCCCC[C@H](NC(C)=O)C(=O)NC(C(=O)N[C@@H](CCCNC(N)=O)C(=O)NCCCNCCCCNCCCNC(C)=O)C(C)C. The predicted octanol–water partition coefficient (Wildman–Crippen LogP) is -2.13. The highest BCUT2D eigenvalue weighted by Gasteiger charge is 2.31. The number of primary amides is 1. The smallest absolute Gasteiger partial charge is 0.312 e. The number of rotatable bonds is 29. The van der Waals surface area contributed by atoms with E-state index in [4.69, 9.17) is 5.73 Å². The third-order valence-corrected chi connectivity index (χ3v) is 7.40. The van der Waals surface area contributed by atoms with Crippen LogP contribution in [-0.2, 0) is 24.0 Å². The molecule has 0 aliphatic carbocycles. The maximum absolute atomic E-state index is 13.4. The minimum absolute atomic E-state index is 0.0133. The van der Waals surface area contributed by atoms with Crippen molar-refractivity contribution in [3.63, 3.8) is 0 Å². The van der Waals surface area contributed by atoms with Crippen molar-refractivity contribution in [2.75, 3.05) is 52.4 Å². The molecule has 48 heavy (non-hydrogen) atoms. The van der Waals surface area contributed by atoms with Gasteiger partial charge in [-0.1, -0.05) is 13.8 Å². The molecule has 0 saturated heterocycles. The average Bonchev–Trinajstić information content (AvgIpc) is 3.01. The maximum Gasteiger partial charge on any atom is 0.312 e. The number of carbonyl (C=O) groups excluding carboxylic acids is 6. The zero-order chi connectivity index (χ0) is 36.2. The molecule has 0 bridgehead atoms. The summed E-state index contributed by atoms with van der Waals surface area (Å²) in [6.45, 7) is 11.9. The van der Waals surface area contributed by atoms with E-state index >= 15 is 0 Å². The number of amides is 7. The Morgan fingerprint density at radius 3 is 1.60 bits per heavy atom. The summed E-state index contributed by atoms with van der Waals surface area (Å²) in [5, 5.41) is 26.1. The lowest BCUT2D eigenvalue weighted by molar-refractivity contribution is -0.134. The molecule has 0 spiro atoms. The molecule has 0 aromatic rings. The van der Waals surface area contributed by atoms with Gasteiger partial charge in [-0.05, 0) is 96.4 Å². The molecular weight excluding hydrogens is 619 g/mol. The van der Waals surface area contributed by atoms with Crippen molar-refractivity contribution in [3.8, 4) is 0 Å². The Morgan fingerprint density at radius 2 is 1.06 bits per heavy atom. The summed E-state index contributed by atoms with van der Waals surface area (Å²) < 4.78 is 0. The van der Waals surface area contributed by atoms with Gasteiger partial charge in [-0.15, -0.1) is 0 Å². The normalized spacial score (nSPS) is 12.8. The summed E-state index contributed by atoms with van der Waals surface area (Å²) in [6.07, 6.45) is 6.21. The molecule has 0 aliphatic heterocycles. The van der Waals surface area contributed by atoms with Crippen molar-refractivity contribution < 1.29 is 28.8 Å². The molecule has 276 valence electrons. The Balaban J connectivity index is 4.88. The van der Waals surface area contributed by atoms with Gasteiger partial charge in [0.15, 0.2) is 7.98 Å². The fraction of sp³-hybridized carbons (Fsp3) is 0.806. The van der Waals surface area contributed by atoms with Gasteiger partial charge >= 0.3 is 6.03 Å². The van der Waals surface area contributed by atoms with Crippen molar-refractivity contribution in [1.29, 1.82) is 0 Å². The van der Waals surface area contributed by atoms with Crippen LogP contribution in [0.4, 0.5) is 4.79 Å². The molecule has 0 rings (SSSR count). The lowest BCUT2D eigenvalue weighted by atomic mass is 10.0. The van der Waals surface area contributed by atoms with Gasteiger partial charge in [0.05, 0.1) is 0 Å². The minimum atomic E-state index is -0.937. The number of nitrogens with two attached hydrogens (primary N) is 1. The van der Waals surface area contributed by atoms with Crippen LogP contribution < -0.4 is 53.5 Å². The Morgan fingerprint density at radius 1 is 0.542 bits per heavy atom. The van der Waals surface area contributed by atoms with E-state index in [0.29, 0.717) is 38.8 Å². The highest BCUT2D eigenvalue weighted by molar-refractivity contribution is 6.04. The third kappa shape index (κ3) is 24.7. The lowest BCUT2D eigenvalue weighted by Gasteiger charge is -2.27. The Labute approximate surface area is 287 Å². The number of hydrogen-bond donors (Lipinski definition) is 10. The molecule has 0 aromatic heterocycles. The van der Waals surface area contributed by atoms with E-state index in [1.807, 2.05) is 7.98 Å². The van der Waals surface area contributed by atoms with Gasteiger partial charge in [0, 0.05) is 33.5 Å². The van der Waals surface area contributed by atoms with Crippen LogP contribution in [0.3, 0.4) is 0 Å². The molecule has 16 nitrogen and oxygen atoms in total. The molecule has 0 fully saturated rings. The topological polar surface area (TPSA) is 237 Å². The van der Waals surface area contributed by atoms with Crippen LogP contribution in [0.25, 0.3) is 0 Å². The summed E-state index contributed by atoms with van der Waals surface area (Å²) in [7, 11) is 1.84. The fourth-order valence-electron chi connectivity index (χ4n) is 4.78. The first kappa shape index (κ1) is 44.6. The number of unbranched alkanes of at least 4 members (excludes halogenated alkanes) is 2. The molecule has 0 aromatic carbocycles. The van der Waals surface area contributed by atoms with Crippen LogP contribution >= 0.6 is 0 Å². The molecule has 3 atom stereocenters. The average molecular weight is 683 g/mol. The van der Waals surface area contributed by atoms with E-state index < -0.39 is 36.0 Å².